The number of thiazole rings is 1. The van der Waals surface area contributed by atoms with Crippen LogP contribution < -0.4 is 5.32 Å². The Balaban J connectivity index is 1.81. The van der Waals surface area contributed by atoms with E-state index in [9.17, 15) is 14.7 Å². The van der Waals surface area contributed by atoms with Gasteiger partial charge in [-0.25, -0.2) is 9.78 Å². The highest BCUT2D eigenvalue weighted by Crippen LogP contribution is 2.21. The van der Waals surface area contributed by atoms with Gasteiger partial charge in [-0.1, -0.05) is 44.2 Å². The Morgan fingerprint density at radius 2 is 2.00 bits per heavy atom. The number of aliphatic hydroxyl groups is 1. The van der Waals surface area contributed by atoms with Crippen LogP contribution in [0.1, 0.15) is 40.7 Å². The zero-order valence-electron chi connectivity index (χ0n) is 13.6. The molecular weight excluding hydrogens is 328 g/mol. The first-order valence-corrected chi connectivity index (χ1v) is 8.47. The van der Waals surface area contributed by atoms with Crippen LogP contribution in [-0.4, -0.2) is 34.6 Å². The largest absolute Gasteiger partial charge is 0.459 e. The van der Waals surface area contributed by atoms with Gasteiger partial charge < -0.3 is 15.2 Å². The summed E-state index contributed by atoms with van der Waals surface area (Å²) in [4.78, 5) is 28.6. The third-order valence-electron chi connectivity index (χ3n) is 3.30. The Bertz CT molecular complexity index is 685. The van der Waals surface area contributed by atoms with E-state index in [0.29, 0.717) is 10.6 Å². The van der Waals surface area contributed by atoms with Crippen molar-refractivity contribution in [1.29, 1.82) is 0 Å². The smallest absolute Gasteiger partial charge is 0.337 e. The van der Waals surface area contributed by atoms with Crippen molar-refractivity contribution in [3.05, 3.63) is 52.0 Å². The Kier molecular flexibility index (Phi) is 6.45. The van der Waals surface area contributed by atoms with Gasteiger partial charge in [0, 0.05) is 0 Å². The lowest BCUT2D eigenvalue weighted by molar-refractivity contribution is -0.154. The van der Waals surface area contributed by atoms with E-state index in [4.69, 9.17) is 4.74 Å². The number of carbonyl (C=O) groups is 2. The Labute approximate surface area is 144 Å². The second kappa shape index (κ2) is 8.56. The summed E-state index contributed by atoms with van der Waals surface area (Å²) < 4.78 is 5.02. The number of benzene rings is 1. The molecule has 1 atom stereocenters. The third-order valence-corrected chi connectivity index (χ3v) is 4.14. The minimum Gasteiger partial charge on any atom is -0.459 e. The van der Waals surface area contributed by atoms with E-state index in [1.807, 2.05) is 44.2 Å². The number of hydrogen-bond acceptors (Lipinski definition) is 6. The van der Waals surface area contributed by atoms with E-state index >= 15 is 0 Å². The van der Waals surface area contributed by atoms with Crippen molar-refractivity contribution >= 4 is 23.2 Å². The lowest BCUT2D eigenvalue weighted by atomic mass is 10.1. The summed E-state index contributed by atoms with van der Waals surface area (Å²) in [5.74, 6) is -0.999. The van der Waals surface area contributed by atoms with Crippen molar-refractivity contribution < 1.29 is 19.4 Å². The maximum atomic E-state index is 12.1. The number of aliphatic hydroxyl groups excluding tert-OH is 1. The molecule has 0 saturated carbocycles. The molecule has 128 valence electrons. The van der Waals surface area contributed by atoms with Gasteiger partial charge in [-0.15, -0.1) is 11.3 Å². The van der Waals surface area contributed by atoms with Crippen LogP contribution in [0.4, 0.5) is 0 Å². The van der Waals surface area contributed by atoms with Gasteiger partial charge in [0.15, 0.2) is 6.10 Å². The summed E-state index contributed by atoms with van der Waals surface area (Å²) >= 11 is 1.23. The highest BCUT2D eigenvalue weighted by atomic mass is 32.1. The van der Waals surface area contributed by atoms with E-state index in [1.54, 1.807) is 5.51 Å². The monoisotopic (exact) mass is 348 g/mol. The predicted octanol–water partition coefficient (Wildman–Crippen LogP) is 2.10. The molecule has 1 amide bonds. The lowest BCUT2D eigenvalue weighted by Crippen LogP contribution is -2.37. The van der Waals surface area contributed by atoms with E-state index in [1.165, 1.54) is 11.3 Å². The SMILES string of the molecule is CC(C)c1ncsc1C(=O)NC[C@H](O)C(=O)OCc1ccccc1. The molecule has 7 heteroatoms. The molecule has 0 bridgehead atoms. The first-order chi connectivity index (χ1) is 11.5. The number of ether oxygens (including phenoxy) is 1. The molecule has 0 aliphatic carbocycles. The number of amides is 1. The van der Waals surface area contributed by atoms with Gasteiger partial charge in [0.05, 0.1) is 17.7 Å². The van der Waals surface area contributed by atoms with Gasteiger partial charge in [-0.3, -0.25) is 4.79 Å². The normalized spacial score (nSPS) is 12.0. The third kappa shape index (κ3) is 4.87. The average Bonchev–Trinajstić information content (AvgIpc) is 3.08. The lowest BCUT2D eigenvalue weighted by Gasteiger charge is -2.12. The molecule has 6 nitrogen and oxygen atoms in total. The van der Waals surface area contributed by atoms with Crippen molar-refractivity contribution in [2.45, 2.75) is 32.5 Å². The maximum Gasteiger partial charge on any atom is 0.337 e. The first kappa shape index (κ1) is 18.1. The fourth-order valence-electron chi connectivity index (χ4n) is 2.01. The molecule has 24 heavy (non-hydrogen) atoms. The topological polar surface area (TPSA) is 88.5 Å². The zero-order chi connectivity index (χ0) is 17.5. The Hall–Kier alpha value is -2.25. The number of carbonyl (C=O) groups excluding carboxylic acids is 2. The Morgan fingerprint density at radius 3 is 2.67 bits per heavy atom. The van der Waals surface area contributed by atoms with Crippen LogP contribution in [0.25, 0.3) is 0 Å². The molecule has 2 aromatic rings. The number of hydrogen-bond donors (Lipinski definition) is 2. The molecule has 1 aromatic heterocycles. The van der Waals surface area contributed by atoms with Crippen LogP contribution in [0.15, 0.2) is 35.8 Å². The zero-order valence-corrected chi connectivity index (χ0v) is 14.4. The van der Waals surface area contributed by atoms with Crippen LogP contribution in [-0.2, 0) is 16.1 Å². The van der Waals surface area contributed by atoms with Crippen molar-refractivity contribution in [2.24, 2.45) is 0 Å². The van der Waals surface area contributed by atoms with Crippen LogP contribution in [0.5, 0.6) is 0 Å². The minimum absolute atomic E-state index is 0.0804. The molecule has 0 aliphatic rings. The van der Waals surface area contributed by atoms with Crippen LogP contribution in [0, 0.1) is 0 Å². The van der Waals surface area contributed by atoms with Gasteiger partial charge >= 0.3 is 5.97 Å². The molecule has 0 aliphatic heterocycles. The molecule has 0 saturated heterocycles. The van der Waals surface area contributed by atoms with Gasteiger partial charge in [0.1, 0.15) is 11.5 Å². The standard InChI is InChI=1S/C17H20N2O4S/c1-11(2)14-15(24-10-19-14)16(21)18-8-13(20)17(22)23-9-12-6-4-3-5-7-12/h3-7,10-11,13,20H,8-9H2,1-2H3,(H,18,21)/t13-/m0/s1. The number of nitrogens with zero attached hydrogens (tertiary/aromatic N) is 1. The highest BCUT2D eigenvalue weighted by Gasteiger charge is 2.21. The minimum atomic E-state index is -1.41. The summed E-state index contributed by atoms with van der Waals surface area (Å²) in [6.45, 7) is 3.77. The quantitative estimate of drug-likeness (QED) is 0.748. The summed E-state index contributed by atoms with van der Waals surface area (Å²) in [6.07, 6.45) is -1.41. The molecule has 1 heterocycles. The van der Waals surface area contributed by atoms with Crippen molar-refractivity contribution in [3.63, 3.8) is 0 Å². The Morgan fingerprint density at radius 1 is 1.29 bits per heavy atom. The van der Waals surface area contributed by atoms with Crippen LogP contribution in [0.2, 0.25) is 0 Å². The fraction of sp³-hybridized carbons (Fsp3) is 0.353. The molecule has 0 unspecified atom stereocenters. The van der Waals surface area contributed by atoms with Crippen molar-refractivity contribution in [3.8, 4) is 0 Å². The van der Waals surface area contributed by atoms with Crippen LogP contribution >= 0.6 is 11.3 Å². The summed E-state index contributed by atoms with van der Waals surface area (Å²) in [5.41, 5.74) is 3.14. The second-order valence-electron chi connectivity index (χ2n) is 5.54. The predicted molar refractivity (Wildman–Crippen MR) is 90.8 cm³/mol. The highest BCUT2D eigenvalue weighted by molar-refractivity contribution is 7.11. The van der Waals surface area contributed by atoms with Gasteiger partial charge in [-0.2, -0.15) is 0 Å². The summed E-state index contributed by atoms with van der Waals surface area (Å²) in [5, 5.41) is 12.4. The van der Waals surface area contributed by atoms with Gasteiger partial charge in [-0.05, 0) is 11.5 Å². The molecule has 2 rings (SSSR count). The first-order valence-electron chi connectivity index (χ1n) is 7.59. The van der Waals surface area contributed by atoms with Gasteiger partial charge in [0.25, 0.3) is 5.91 Å². The fourth-order valence-corrected chi connectivity index (χ4v) is 2.87. The molecule has 0 spiro atoms. The summed E-state index contributed by atoms with van der Waals surface area (Å²) in [6, 6.07) is 9.17. The van der Waals surface area contributed by atoms with Crippen LogP contribution in [0.3, 0.4) is 0 Å². The second-order valence-corrected chi connectivity index (χ2v) is 6.40. The number of rotatable bonds is 7. The molecular formula is C17H20N2O4S. The summed E-state index contributed by atoms with van der Waals surface area (Å²) in [7, 11) is 0. The van der Waals surface area contributed by atoms with E-state index in [-0.39, 0.29) is 25.0 Å². The maximum absolute atomic E-state index is 12.1. The number of nitrogens with one attached hydrogen (secondary N) is 1. The molecule has 0 fully saturated rings. The number of esters is 1. The van der Waals surface area contributed by atoms with E-state index in [2.05, 4.69) is 10.3 Å². The van der Waals surface area contributed by atoms with Gasteiger partial charge in [0.2, 0.25) is 0 Å². The molecule has 0 radical (unpaired) electrons. The average molecular weight is 348 g/mol. The van der Waals surface area contributed by atoms with E-state index < -0.39 is 12.1 Å². The number of aromatic nitrogens is 1. The molecule has 2 N–H and O–H groups in total. The van der Waals surface area contributed by atoms with E-state index in [0.717, 1.165) is 5.56 Å². The van der Waals surface area contributed by atoms with Crippen molar-refractivity contribution in [1.82, 2.24) is 10.3 Å². The van der Waals surface area contributed by atoms with Crippen molar-refractivity contribution in [2.75, 3.05) is 6.54 Å². The molecule has 1 aromatic carbocycles.